The summed E-state index contributed by atoms with van der Waals surface area (Å²) < 4.78 is 69.3. The van der Waals surface area contributed by atoms with Crippen molar-refractivity contribution in [2.24, 2.45) is 0 Å². The Morgan fingerprint density at radius 1 is 0.430 bits per heavy atom. The van der Waals surface area contributed by atoms with Gasteiger partial charge in [0.1, 0.15) is 140 Å². The van der Waals surface area contributed by atoms with E-state index in [0.717, 1.165) is 13.8 Å². The molecule has 6 aliphatic rings. The summed E-state index contributed by atoms with van der Waals surface area (Å²) in [6, 6.07) is -4.44. The zero-order valence-electron chi connectivity index (χ0n) is 42.7. The number of hydrogen-bond acceptors (Lipinski definition) is 32. The van der Waals surface area contributed by atoms with Crippen molar-refractivity contribution < 1.29 is 158 Å². The highest BCUT2D eigenvalue weighted by molar-refractivity contribution is 5.73. The van der Waals surface area contributed by atoms with Gasteiger partial charge in [-0.05, 0) is 6.92 Å². The van der Waals surface area contributed by atoms with E-state index in [2.05, 4.69) is 16.0 Å². The molecule has 6 heterocycles. The Labute approximate surface area is 448 Å². The average molecular weight is 1160 g/mol. The van der Waals surface area contributed by atoms with Crippen LogP contribution in [0.3, 0.4) is 0 Å². The summed E-state index contributed by atoms with van der Waals surface area (Å²) in [6.07, 6.45) is -51.9. The van der Waals surface area contributed by atoms with E-state index in [-0.39, 0.29) is 6.41 Å². The third-order valence-electron chi connectivity index (χ3n) is 14.2. The van der Waals surface area contributed by atoms with Crippen LogP contribution in [0.25, 0.3) is 0 Å². The molecule has 0 saturated carbocycles. The van der Waals surface area contributed by atoms with Gasteiger partial charge in [0.25, 0.3) is 0 Å². The molecule has 0 unspecified atom stereocenters. The molecule has 0 spiro atoms. The summed E-state index contributed by atoms with van der Waals surface area (Å²) in [4.78, 5) is 36.3. The highest BCUT2D eigenvalue weighted by Gasteiger charge is 2.58. The van der Waals surface area contributed by atoms with Crippen molar-refractivity contribution in [3.63, 3.8) is 0 Å². The van der Waals surface area contributed by atoms with Gasteiger partial charge in [-0.3, -0.25) is 14.4 Å². The molecule has 79 heavy (non-hydrogen) atoms. The second-order valence-electron chi connectivity index (χ2n) is 19.7. The molecule has 35 nitrogen and oxygen atoms in total. The quantitative estimate of drug-likeness (QED) is 0.0423. The Balaban J connectivity index is 1.21. The van der Waals surface area contributed by atoms with E-state index in [0.29, 0.717) is 0 Å². The molecule has 3 amide bonds. The smallest absolute Gasteiger partial charge is 0.217 e. The fourth-order valence-corrected chi connectivity index (χ4v) is 9.85. The van der Waals surface area contributed by atoms with Crippen LogP contribution in [0.5, 0.6) is 0 Å². The predicted molar refractivity (Wildman–Crippen MR) is 245 cm³/mol. The van der Waals surface area contributed by atoms with Gasteiger partial charge in [-0.1, -0.05) is 0 Å². The Morgan fingerprint density at radius 3 is 1.23 bits per heavy atom. The lowest BCUT2D eigenvalue weighted by molar-refractivity contribution is -0.385. The van der Waals surface area contributed by atoms with Crippen LogP contribution in [0, 0.1) is 0 Å². The fourth-order valence-electron chi connectivity index (χ4n) is 9.85. The van der Waals surface area contributed by atoms with Crippen LogP contribution >= 0.6 is 0 Å². The molecular weight excluding hydrogens is 1080 g/mol. The number of amides is 3. The van der Waals surface area contributed by atoms with Gasteiger partial charge in [0.15, 0.2) is 37.7 Å². The first-order chi connectivity index (χ1) is 37.5. The number of ether oxygens (including phenoxy) is 12. The molecule has 20 N–H and O–H groups in total. The molecule has 0 aromatic carbocycles. The maximum atomic E-state index is 12.8. The Morgan fingerprint density at radius 2 is 0.785 bits per heavy atom. The predicted octanol–water partition coefficient (Wildman–Crippen LogP) is -13.7. The normalized spacial score (nSPS) is 47.2. The van der Waals surface area contributed by atoms with E-state index in [1.165, 1.54) is 6.92 Å². The highest BCUT2D eigenvalue weighted by Crippen LogP contribution is 2.37. The molecule has 0 aliphatic carbocycles. The number of aliphatic hydroxyl groups excluding tert-OH is 17. The van der Waals surface area contributed by atoms with Gasteiger partial charge in [0.2, 0.25) is 18.2 Å². The SMILES string of the molecule is CC(=O)N[C@H]1[C@H](O[C@@H]2[C@H](O)[C@@H](O)[C@H](O[C@H]3[C@H](O)[C@@H](O)[C@H](OC[C@@H](CO)NC=O)O[C@@H]3CO)O[C@@H]2CO)O[C@H](CO)[C@H](O)[C@@H]1O[C@@H]1O[C@H](CO)[C@H](O)[C@H](O[C@@H]2O[C@H](CO)[C@@H](O)[C@H](O[C@@H]3O[C@@H](C)[C@@H](O)[C@@H](O)[C@@H]3O)[C@H]2NC(C)=O)[C@H]1O. The summed E-state index contributed by atoms with van der Waals surface area (Å²) in [6.45, 7) is -2.64. The van der Waals surface area contributed by atoms with E-state index >= 15 is 0 Å². The summed E-state index contributed by atoms with van der Waals surface area (Å²) in [5.74, 6) is -1.69. The molecule has 6 saturated heterocycles. The molecule has 6 rings (SSSR count). The number of aliphatic hydroxyl groups is 17. The van der Waals surface area contributed by atoms with E-state index in [1.807, 2.05) is 0 Å². The molecule has 6 aliphatic heterocycles. The lowest BCUT2D eigenvalue weighted by Gasteiger charge is -2.51. The maximum Gasteiger partial charge on any atom is 0.217 e. The van der Waals surface area contributed by atoms with Crippen LogP contribution in [0.2, 0.25) is 0 Å². The zero-order valence-corrected chi connectivity index (χ0v) is 42.7. The second-order valence-corrected chi connectivity index (χ2v) is 19.7. The van der Waals surface area contributed by atoms with Gasteiger partial charge in [0, 0.05) is 13.8 Å². The zero-order chi connectivity index (χ0) is 58.3. The van der Waals surface area contributed by atoms with Crippen LogP contribution < -0.4 is 16.0 Å². The summed E-state index contributed by atoms with van der Waals surface area (Å²) in [5.41, 5.74) is 0. The van der Waals surface area contributed by atoms with Crippen LogP contribution in [-0.4, -0.2) is 341 Å². The summed E-state index contributed by atoms with van der Waals surface area (Å²) in [7, 11) is 0. The third-order valence-corrected chi connectivity index (χ3v) is 14.2. The van der Waals surface area contributed by atoms with Crippen molar-refractivity contribution in [2.45, 2.75) is 211 Å². The molecule has 0 aromatic heterocycles. The van der Waals surface area contributed by atoms with Gasteiger partial charge in [-0.25, -0.2) is 0 Å². The fraction of sp³-hybridized carbons (Fsp3) is 0.932. The molecule has 6 fully saturated rings. The minimum atomic E-state index is -2.25. The lowest BCUT2D eigenvalue weighted by Crippen LogP contribution is -2.71. The van der Waals surface area contributed by atoms with Crippen LogP contribution in [-0.2, 0) is 71.2 Å². The average Bonchev–Trinajstić information content (AvgIpc) is 3.47. The first-order valence-electron chi connectivity index (χ1n) is 25.2. The monoisotopic (exact) mass is 1160 g/mol. The van der Waals surface area contributed by atoms with Crippen molar-refractivity contribution in [3.8, 4) is 0 Å². The van der Waals surface area contributed by atoms with Crippen LogP contribution in [0.4, 0.5) is 0 Å². The maximum absolute atomic E-state index is 12.8. The van der Waals surface area contributed by atoms with Crippen LogP contribution in [0.15, 0.2) is 0 Å². The number of nitrogens with one attached hydrogen (secondary N) is 3. The highest BCUT2D eigenvalue weighted by atomic mass is 16.8. The second kappa shape index (κ2) is 29.2. The van der Waals surface area contributed by atoms with E-state index in [9.17, 15) is 101 Å². The molecular formula is C44H75N3O32. The Kier molecular flexibility index (Phi) is 24.2. The lowest BCUT2D eigenvalue weighted by atomic mass is 9.93. The molecule has 0 radical (unpaired) electrons. The van der Waals surface area contributed by atoms with Gasteiger partial charge in [-0.2, -0.15) is 0 Å². The summed E-state index contributed by atoms with van der Waals surface area (Å²) in [5, 5.41) is 191. The largest absolute Gasteiger partial charge is 0.394 e. The van der Waals surface area contributed by atoms with Crippen molar-refractivity contribution in [2.75, 3.05) is 46.2 Å². The Hall–Kier alpha value is -2.75. The Bertz CT molecular complexity index is 1900. The minimum absolute atomic E-state index is 0.280. The van der Waals surface area contributed by atoms with Crippen molar-refractivity contribution >= 4 is 18.2 Å². The minimum Gasteiger partial charge on any atom is -0.394 e. The molecule has 31 atom stereocenters. The molecule has 35 heteroatoms. The topological polar surface area (TPSA) is 542 Å². The van der Waals surface area contributed by atoms with E-state index in [1.54, 1.807) is 0 Å². The van der Waals surface area contributed by atoms with Gasteiger partial charge < -0.3 is 160 Å². The molecule has 458 valence electrons. The number of carbonyl (C=O) groups excluding carboxylic acids is 3. The van der Waals surface area contributed by atoms with Crippen molar-refractivity contribution in [1.82, 2.24) is 16.0 Å². The van der Waals surface area contributed by atoms with Crippen molar-refractivity contribution in [3.05, 3.63) is 0 Å². The number of carbonyl (C=O) groups is 3. The van der Waals surface area contributed by atoms with E-state index in [4.69, 9.17) is 56.8 Å². The molecule has 0 bridgehead atoms. The van der Waals surface area contributed by atoms with Crippen molar-refractivity contribution in [1.29, 1.82) is 0 Å². The van der Waals surface area contributed by atoms with Gasteiger partial charge in [-0.15, -0.1) is 0 Å². The van der Waals surface area contributed by atoms with E-state index < -0.39 is 248 Å². The molecule has 0 aromatic rings. The number of hydrogen-bond donors (Lipinski definition) is 20. The van der Waals surface area contributed by atoms with Gasteiger partial charge in [0.05, 0.1) is 58.4 Å². The first-order valence-corrected chi connectivity index (χ1v) is 25.2. The number of rotatable bonds is 23. The van der Waals surface area contributed by atoms with Gasteiger partial charge >= 0.3 is 0 Å². The first kappa shape index (κ1) is 65.4. The summed E-state index contributed by atoms with van der Waals surface area (Å²) >= 11 is 0. The van der Waals surface area contributed by atoms with Crippen LogP contribution in [0.1, 0.15) is 20.8 Å². The standard InChI is InChI=1S/C44H75N3O32/c1-12-23(57)27(61)30(64)42(69-12)77-36-22(47-14(3)56)40(71-17(6-50)24(36)58)79-38-26(60)18(7-51)72-44(33(38)67)78-37-21(46-13(2)55)39(70-16(5-49)25(37)59)75-34-20(9-53)74-43(32(66)29(34)63)76-35-19(8-52)73-41(31(65)28(35)62)68-10-15(4-48)45-11-54/h11-12,15-44,48-53,57-67H,4-10H2,1-3H3,(H,45,54)(H,46,55)(H,47,56)/t12-,15+,16+,17+,18+,19+,20+,21+,22+,23+,24+,25-,26-,27+,28+,29+,30-,31+,32+,33+,34-,35+,36+,37+,38-,39-,40-,41+,42-,43-,44-/m0/s1. The third kappa shape index (κ3) is 14.8.